The van der Waals surface area contributed by atoms with E-state index >= 15 is 0 Å². The first-order valence-corrected chi connectivity index (χ1v) is 7.15. The molecule has 0 saturated heterocycles. The molecule has 1 aromatic carbocycles. The van der Waals surface area contributed by atoms with Crippen molar-refractivity contribution in [3.63, 3.8) is 0 Å². The van der Waals surface area contributed by atoms with E-state index in [4.69, 9.17) is 4.42 Å². The lowest BCUT2D eigenvalue weighted by Crippen LogP contribution is -2.16. The number of benzene rings is 1. The normalized spacial score (nSPS) is 11.0. The third-order valence-electron chi connectivity index (χ3n) is 3.02. The van der Waals surface area contributed by atoms with Crippen molar-refractivity contribution in [1.29, 1.82) is 0 Å². The molecule has 0 spiro atoms. The Hall–Kier alpha value is -1.82. The number of aromatic nitrogens is 2. The Labute approximate surface area is 122 Å². The predicted molar refractivity (Wildman–Crippen MR) is 74.9 cm³/mol. The van der Waals surface area contributed by atoms with Crippen LogP contribution in [-0.4, -0.2) is 23.3 Å². The summed E-state index contributed by atoms with van der Waals surface area (Å²) in [6, 6.07) is 3.76. The highest BCUT2D eigenvalue weighted by atomic mass is 19.2. The van der Waals surface area contributed by atoms with Gasteiger partial charge < -0.3 is 9.73 Å². The molecule has 2 rings (SSSR count). The first kappa shape index (κ1) is 15.6. The van der Waals surface area contributed by atoms with Crippen molar-refractivity contribution < 1.29 is 13.2 Å². The van der Waals surface area contributed by atoms with Gasteiger partial charge in [0.25, 0.3) is 0 Å². The molecule has 2 aromatic rings. The molecule has 0 saturated carbocycles. The van der Waals surface area contributed by atoms with E-state index in [0.717, 1.165) is 38.1 Å². The smallest absolute Gasteiger partial charge is 0.220 e. The second kappa shape index (κ2) is 7.83. The van der Waals surface area contributed by atoms with Crippen LogP contribution in [-0.2, 0) is 12.8 Å². The van der Waals surface area contributed by atoms with Gasteiger partial charge in [0.2, 0.25) is 11.8 Å². The molecule has 0 unspecified atom stereocenters. The molecule has 1 N–H and O–H groups in total. The Kier molecular flexibility index (Phi) is 5.80. The molecule has 0 aliphatic carbocycles. The molecule has 0 fully saturated rings. The van der Waals surface area contributed by atoms with Gasteiger partial charge in [-0.2, -0.15) is 0 Å². The Morgan fingerprint density at radius 1 is 1.10 bits per heavy atom. The maximum atomic E-state index is 13.1. The summed E-state index contributed by atoms with van der Waals surface area (Å²) in [6.45, 7) is 4.04. The average molecular weight is 295 g/mol. The van der Waals surface area contributed by atoms with Crippen LogP contribution < -0.4 is 5.32 Å². The van der Waals surface area contributed by atoms with Gasteiger partial charge in [-0.25, -0.2) is 8.78 Å². The summed E-state index contributed by atoms with van der Waals surface area (Å²) in [7, 11) is 0. The fraction of sp³-hybridized carbons (Fsp3) is 0.467. The van der Waals surface area contributed by atoms with Crippen molar-refractivity contribution >= 4 is 0 Å². The minimum absolute atomic E-state index is 0.304. The van der Waals surface area contributed by atoms with Crippen LogP contribution in [0, 0.1) is 11.6 Å². The Morgan fingerprint density at radius 3 is 2.67 bits per heavy atom. The summed E-state index contributed by atoms with van der Waals surface area (Å²) in [5.41, 5.74) is 0.605. The number of rotatable bonds is 8. The molecular weight excluding hydrogens is 276 g/mol. The lowest BCUT2D eigenvalue weighted by molar-refractivity contribution is 0.448. The van der Waals surface area contributed by atoms with Gasteiger partial charge in [0.15, 0.2) is 11.6 Å². The summed E-state index contributed by atoms with van der Waals surface area (Å²) < 4.78 is 31.4. The highest BCUT2D eigenvalue weighted by Crippen LogP contribution is 2.13. The molecule has 0 bridgehead atoms. The predicted octanol–water partition coefficient (Wildman–Crippen LogP) is 2.87. The van der Waals surface area contributed by atoms with E-state index in [1.54, 1.807) is 0 Å². The zero-order valence-corrected chi connectivity index (χ0v) is 12.0. The van der Waals surface area contributed by atoms with E-state index in [2.05, 4.69) is 22.4 Å². The Morgan fingerprint density at radius 2 is 1.90 bits per heavy atom. The van der Waals surface area contributed by atoms with Gasteiger partial charge in [-0.1, -0.05) is 13.0 Å². The molecule has 0 aliphatic heterocycles. The lowest BCUT2D eigenvalue weighted by Gasteiger charge is -2.00. The van der Waals surface area contributed by atoms with E-state index < -0.39 is 11.6 Å². The topological polar surface area (TPSA) is 51.0 Å². The molecule has 0 radical (unpaired) electrons. The summed E-state index contributed by atoms with van der Waals surface area (Å²) in [6.07, 6.45) is 3.05. The fourth-order valence-corrected chi connectivity index (χ4v) is 1.95. The fourth-order valence-electron chi connectivity index (χ4n) is 1.95. The zero-order chi connectivity index (χ0) is 15.1. The Bertz CT molecular complexity index is 572. The van der Waals surface area contributed by atoms with Crippen LogP contribution in [0.5, 0.6) is 0 Å². The van der Waals surface area contributed by atoms with Gasteiger partial charge in [-0.05, 0) is 43.6 Å². The van der Waals surface area contributed by atoms with Crippen LogP contribution in [0.4, 0.5) is 8.78 Å². The van der Waals surface area contributed by atoms with E-state index in [1.807, 2.05) is 0 Å². The molecule has 0 amide bonds. The van der Waals surface area contributed by atoms with Crippen LogP contribution in [0.15, 0.2) is 22.6 Å². The average Bonchev–Trinajstić information content (AvgIpc) is 2.90. The molecule has 0 atom stereocenters. The van der Waals surface area contributed by atoms with Gasteiger partial charge in [-0.15, -0.1) is 10.2 Å². The minimum Gasteiger partial charge on any atom is -0.425 e. The number of nitrogens with one attached hydrogen (secondary N) is 1. The largest absolute Gasteiger partial charge is 0.425 e. The van der Waals surface area contributed by atoms with Crippen molar-refractivity contribution in [2.75, 3.05) is 13.1 Å². The Balaban J connectivity index is 1.83. The summed E-state index contributed by atoms with van der Waals surface area (Å²) in [5.74, 6) is -0.734. The molecular formula is C15H19F2N3O. The number of hydrogen-bond acceptors (Lipinski definition) is 4. The maximum Gasteiger partial charge on any atom is 0.220 e. The van der Waals surface area contributed by atoms with E-state index in [-0.39, 0.29) is 0 Å². The third-order valence-corrected chi connectivity index (χ3v) is 3.02. The lowest BCUT2D eigenvalue weighted by atomic mass is 10.1. The monoisotopic (exact) mass is 295 g/mol. The molecule has 1 heterocycles. The van der Waals surface area contributed by atoms with E-state index in [1.165, 1.54) is 6.07 Å². The van der Waals surface area contributed by atoms with Crippen molar-refractivity contribution in [2.24, 2.45) is 0 Å². The number of halogens is 2. The van der Waals surface area contributed by atoms with Gasteiger partial charge >= 0.3 is 0 Å². The highest BCUT2D eigenvalue weighted by Gasteiger charge is 2.09. The van der Waals surface area contributed by atoms with Crippen molar-refractivity contribution in [1.82, 2.24) is 15.5 Å². The second-order valence-electron chi connectivity index (χ2n) is 4.87. The SMILES string of the molecule is CCCNCCCc1nnc(Cc2ccc(F)c(F)c2)o1. The third kappa shape index (κ3) is 4.90. The van der Waals surface area contributed by atoms with Gasteiger partial charge in [0, 0.05) is 6.42 Å². The van der Waals surface area contributed by atoms with Crippen LogP contribution in [0.2, 0.25) is 0 Å². The summed E-state index contributed by atoms with van der Waals surface area (Å²) in [4.78, 5) is 0. The second-order valence-corrected chi connectivity index (χ2v) is 4.87. The molecule has 4 nitrogen and oxygen atoms in total. The standard InChI is InChI=1S/C15H19F2N3O/c1-2-7-18-8-3-4-14-19-20-15(21-14)10-11-5-6-12(16)13(17)9-11/h5-6,9,18H,2-4,7-8,10H2,1H3. The van der Waals surface area contributed by atoms with E-state index in [0.29, 0.717) is 30.2 Å². The number of nitrogens with zero attached hydrogens (tertiary/aromatic N) is 2. The van der Waals surface area contributed by atoms with Crippen LogP contribution in [0.1, 0.15) is 37.1 Å². The first-order chi connectivity index (χ1) is 10.2. The molecule has 21 heavy (non-hydrogen) atoms. The molecule has 6 heteroatoms. The van der Waals surface area contributed by atoms with Crippen molar-refractivity contribution in [2.45, 2.75) is 32.6 Å². The van der Waals surface area contributed by atoms with Gasteiger partial charge in [-0.3, -0.25) is 0 Å². The van der Waals surface area contributed by atoms with Crippen LogP contribution in [0.3, 0.4) is 0 Å². The van der Waals surface area contributed by atoms with Crippen LogP contribution in [0.25, 0.3) is 0 Å². The molecule has 0 aliphatic rings. The van der Waals surface area contributed by atoms with Crippen molar-refractivity contribution in [3.8, 4) is 0 Å². The van der Waals surface area contributed by atoms with Crippen LogP contribution >= 0.6 is 0 Å². The quantitative estimate of drug-likeness (QED) is 0.761. The number of aryl methyl sites for hydroxylation is 1. The van der Waals surface area contributed by atoms with Gasteiger partial charge in [0.05, 0.1) is 6.42 Å². The first-order valence-electron chi connectivity index (χ1n) is 7.15. The number of hydrogen-bond donors (Lipinski definition) is 1. The molecule has 1 aromatic heterocycles. The highest BCUT2D eigenvalue weighted by molar-refractivity contribution is 5.20. The maximum absolute atomic E-state index is 13.1. The summed E-state index contributed by atoms with van der Waals surface area (Å²) in [5, 5.41) is 11.2. The van der Waals surface area contributed by atoms with Crippen molar-refractivity contribution in [3.05, 3.63) is 47.2 Å². The van der Waals surface area contributed by atoms with E-state index in [9.17, 15) is 8.78 Å². The zero-order valence-electron chi connectivity index (χ0n) is 12.0. The minimum atomic E-state index is -0.866. The van der Waals surface area contributed by atoms with Gasteiger partial charge in [0.1, 0.15) is 0 Å². The molecule has 114 valence electrons. The summed E-state index contributed by atoms with van der Waals surface area (Å²) >= 11 is 0.